The molecule has 2 aliphatic rings. The third-order valence-corrected chi connectivity index (χ3v) is 5.06. The van der Waals surface area contributed by atoms with Crippen LogP contribution in [-0.4, -0.2) is 42.7 Å². The Bertz CT molecular complexity index is 346. The lowest BCUT2D eigenvalue weighted by atomic mass is 9.72. The van der Waals surface area contributed by atoms with E-state index in [9.17, 15) is 0 Å². The Morgan fingerprint density at radius 2 is 1.86 bits per heavy atom. The molecule has 2 heterocycles. The molecule has 5 nitrogen and oxygen atoms in total. The maximum absolute atomic E-state index is 6.26. The summed E-state index contributed by atoms with van der Waals surface area (Å²) in [6.07, 6.45) is 2.73. The molecular weight excluding hydrogens is 268 g/mol. The van der Waals surface area contributed by atoms with Crippen LogP contribution in [0.3, 0.4) is 0 Å². The lowest BCUT2D eigenvalue weighted by molar-refractivity contribution is -0.149. The van der Waals surface area contributed by atoms with Crippen LogP contribution in [0.25, 0.3) is 0 Å². The Hall–Kier alpha value is -0.200. The predicted molar refractivity (Wildman–Crippen MR) is 82.9 cm³/mol. The summed E-state index contributed by atoms with van der Waals surface area (Å²) in [6.45, 7) is 12.8. The zero-order valence-electron chi connectivity index (χ0n) is 14.2. The minimum Gasteiger partial charge on any atom is -0.381 e. The number of ether oxygens (including phenoxy) is 3. The molecule has 124 valence electrons. The van der Waals surface area contributed by atoms with Crippen molar-refractivity contribution in [3.05, 3.63) is 0 Å². The zero-order valence-corrected chi connectivity index (χ0v) is 14.2. The maximum Gasteiger partial charge on any atom is 0.0895 e. The van der Waals surface area contributed by atoms with E-state index in [4.69, 9.17) is 20.1 Å². The van der Waals surface area contributed by atoms with Crippen LogP contribution < -0.4 is 11.3 Å². The first-order chi connectivity index (χ1) is 9.76. The standard InChI is InChI=1S/C16H32N2O3/c1-6-20-16(7-9-19-10-8-16)13(18-17)12-11-14(2,3)21-15(12,4)5/h12-13,18H,6-11,17H2,1-5H3. The normalized spacial score (nSPS) is 32.0. The molecular formula is C16H32N2O3. The van der Waals surface area contributed by atoms with E-state index in [-0.39, 0.29) is 22.8 Å². The topological polar surface area (TPSA) is 65.7 Å². The quantitative estimate of drug-likeness (QED) is 0.600. The van der Waals surface area contributed by atoms with Gasteiger partial charge in [0.2, 0.25) is 0 Å². The van der Waals surface area contributed by atoms with Crippen molar-refractivity contribution in [1.82, 2.24) is 5.43 Å². The number of nitrogens with two attached hydrogens (primary N) is 1. The van der Waals surface area contributed by atoms with Crippen molar-refractivity contribution in [2.45, 2.75) is 76.7 Å². The van der Waals surface area contributed by atoms with Gasteiger partial charge in [-0.3, -0.25) is 11.3 Å². The first-order valence-corrected chi connectivity index (χ1v) is 8.14. The number of hydrogen-bond donors (Lipinski definition) is 2. The number of hydrazine groups is 1. The molecule has 3 N–H and O–H groups in total. The smallest absolute Gasteiger partial charge is 0.0895 e. The highest BCUT2D eigenvalue weighted by atomic mass is 16.5. The second kappa shape index (κ2) is 6.13. The summed E-state index contributed by atoms with van der Waals surface area (Å²) in [7, 11) is 0. The van der Waals surface area contributed by atoms with E-state index in [1.54, 1.807) is 0 Å². The summed E-state index contributed by atoms with van der Waals surface area (Å²) in [4.78, 5) is 0. The Labute approximate surface area is 128 Å². The average Bonchev–Trinajstić information content (AvgIpc) is 2.60. The summed E-state index contributed by atoms with van der Waals surface area (Å²) < 4.78 is 18.0. The number of hydrogen-bond acceptors (Lipinski definition) is 5. The van der Waals surface area contributed by atoms with Gasteiger partial charge in [0.25, 0.3) is 0 Å². The van der Waals surface area contributed by atoms with E-state index in [2.05, 4.69) is 33.1 Å². The van der Waals surface area contributed by atoms with Crippen LogP contribution in [0.1, 0.15) is 53.9 Å². The Morgan fingerprint density at radius 1 is 1.24 bits per heavy atom. The van der Waals surface area contributed by atoms with Gasteiger partial charge in [-0.2, -0.15) is 0 Å². The fourth-order valence-corrected chi connectivity index (χ4v) is 4.31. The highest BCUT2D eigenvalue weighted by Gasteiger charge is 2.55. The second-order valence-electron chi connectivity index (χ2n) is 7.53. The summed E-state index contributed by atoms with van der Waals surface area (Å²) in [5, 5.41) is 0. The van der Waals surface area contributed by atoms with Gasteiger partial charge in [-0.25, -0.2) is 0 Å². The molecule has 2 fully saturated rings. The number of nitrogens with one attached hydrogen (secondary N) is 1. The molecule has 5 heteroatoms. The van der Waals surface area contributed by atoms with E-state index >= 15 is 0 Å². The highest BCUT2D eigenvalue weighted by Crippen LogP contribution is 2.47. The highest BCUT2D eigenvalue weighted by molar-refractivity contribution is 5.07. The van der Waals surface area contributed by atoms with E-state index in [1.807, 2.05) is 6.92 Å². The molecule has 0 aromatic rings. The van der Waals surface area contributed by atoms with Gasteiger partial charge in [-0.05, 0) is 41.0 Å². The molecule has 0 aliphatic carbocycles. The van der Waals surface area contributed by atoms with Crippen molar-refractivity contribution in [2.75, 3.05) is 19.8 Å². The van der Waals surface area contributed by atoms with Gasteiger partial charge in [0.1, 0.15) is 0 Å². The lowest BCUT2D eigenvalue weighted by Crippen LogP contribution is -2.63. The second-order valence-corrected chi connectivity index (χ2v) is 7.53. The lowest BCUT2D eigenvalue weighted by Gasteiger charge is -2.47. The first-order valence-electron chi connectivity index (χ1n) is 8.14. The van der Waals surface area contributed by atoms with Crippen molar-refractivity contribution in [2.24, 2.45) is 11.8 Å². The summed E-state index contributed by atoms with van der Waals surface area (Å²) in [6, 6.07) is 0.0677. The molecule has 2 saturated heterocycles. The number of rotatable bonds is 5. The van der Waals surface area contributed by atoms with Crippen molar-refractivity contribution in [3.63, 3.8) is 0 Å². The fraction of sp³-hybridized carbons (Fsp3) is 1.00. The van der Waals surface area contributed by atoms with Gasteiger partial charge >= 0.3 is 0 Å². The van der Waals surface area contributed by atoms with E-state index in [1.165, 1.54) is 0 Å². The van der Waals surface area contributed by atoms with Crippen molar-refractivity contribution < 1.29 is 14.2 Å². The maximum atomic E-state index is 6.26. The van der Waals surface area contributed by atoms with Crippen molar-refractivity contribution >= 4 is 0 Å². The van der Waals surface area contributed by atoms with Crippen LogP contribution in [0.2, 0.25) is 0 Å². The molecule has 0 bridgehead atoms. The Balaban J connectivity index is 2.28. The molecule has 0 aromatic heterocycles. The molecule has 0 radical (unpaired) electrons. The summed E-state index contributed by atoms with van der Waals surface area (Å²) >= 11 is 0. The van der Waals surface area contributed by atoms with Crippen LogP contribution in [0, 0.1) is 5.92 Å². The molecule has 2 aliphatic heterocycles. The molecule has 0 saturated carbocycles. The van der Waals surface area contributed by atoms with Gasteiger partial charge in [-0.1, -0.05) is 0 Å². The van der Waals surface area contributed by atoms with Crippen LogP contribution in [-0.2, 0) is 14.2 Å². The van der Waals surface area contributed by atoms with Gasteiger partial charge in [-0.15, -0.1) is 0 Å². The molecule has 0 aromatic carbocycles. The van der Waals surface area contributed by atoms with Gasteiger partial charge in [0.15, 0.2) is 0 Å². The van der Waals surface area contributed by atoms with Gasteiger partial charge in [0, 0.05) is 38.6 Å². The van der Waals surface area contributed by atoms with Gasteiger partial charge in [0.05, 0.1) is 22.8 Å². The molecule has 0 amide bonds. The minimum atomic E-state index is -0.256. The molecule has 0 spiro atoms. The van der Waals surface area contributed by atoms with Gasteiger partial charge < -0.3 is 14.2 Å². The fourth-order valence-electron chi connectivity index (χ4n) is 4.31. The van der Waals surface area contributed by atoms with E-state index in [0.717, 1.165) is 32.5 Å². The molecule has 2 unspecified atom stereocenters. The zero-order chi connectivity index (χ0) is 15.7. The largest absolute Gasteiger partial charge is 0.381 e. The third kappa shape index (κ3) is 3.42. The van der Waals surface area contributed by atoms with E-state index in [0.29, 0.717) is 12.5 Å². The SMILES string of the molecule is CCOC1(C(NN)C2CC(C)(C)OC2(C)C)CCOCC1. The molecule has 2 rings (SSSR count). The Morgan fingerprint density at radius 3 is 2.29 bits per heavy atom. The summed E-state index contributed by atoms with van der Waals surface area (Å²) in [5.41, 5.74) is 2.47. The monoisotopic (exact) mass is 300 g/mol. The minimum absolute atomic E-state index is 0.0677. The van der Waals surface area contributed by atoms with Crippen LogP contribution in [0.15, 0.2) is 0 Å². The first kappa shape index (κ1) is 17.2. The average molecular weight is 300 g/mol. The third-order valence-electron chi connectivity index (χ3n) is 5.06. The molecule has 2 atom stereocenters. The van der Waals surface area contributed by atoms with Crippen molar-refractivity contribution in [1.29, 1.82) is 0 Å². The van der Waals surface area contributed by atoms with Crippen LogP contribution in [0.5, 0.6) is 0 Å². The summed E-state index contributed by atoms with van der Waals surface area (Å²) in [5.74, 6) is 6.29. The Kier molecular flexibility index (Phi) is 5.01. The van der Waals surface area contributed by atoms with Crippen LogP contribution in [0.4, 0.5) is 0 Å². The van der Waals surface area contributed by atoms with E-state index < -0.39 is 0 Å². The molecule has 21 heavy (non-hydrogen) atoms. The predicted octanol–water partition coefficient (Wildman–Crippen LogP) is 2.00. The van der Waals surface area contributed by atoms with Crippen LogP contribution >= 0.6 is 0 Å². The van der Waals surface area contributed by atoms with Crippen molar-refractivity contribution in [3.8, 4) is 0 Å².